The molecule has 3 rings (SSSR count). The summed E-state index contributed by atoms with van der Waals surface area (Å²) in [6.45, 7) is 3.69. The number of hydrogen-bond donors (Lipinski definition) is 1. The first-order valence-corrected chi connectivity index (χ1v) is 7.25. The molecule has 108 valence electrons. The van der Waals surface area contributed by atoms with Crippen LogP contribution in [0.25, 0.3) is 0 Å². The van der Waals surface area contributed by atoms with E-state index in [1.807, 2.05) is 67.4 Å². The van der Waals surface area contributed by atoms with Gasteiger partial charge >= 0.3 is 0 Å². The predicted octanol–water partition coefficient (Wildman–Crippen LogP) is 3.44. The molecule has 2 aromatic carbocycles. The van der Waals surface area contributed by atoms with Gasteiger partial charge in [0, 0.05) is 6.42 Å². The second-order valence-electron chi connectivity index (χ2n) is 5.97. The van der Waals surface area contributed by atoms with Crippen LogP contribution < -0.4 is 5.01 Å². The molecule has 1 atom stereocenters. The lowest BCUT2D eigenvalue weighted by Gasteiger charge is -2.32. The predicted molar refractivity (Wildman–Crippen MR) is 86.6 cm³/mol. The van der Waals surface area contributed by atoms with Crippen molar-refractivity contribution in [1.29, 1.82) is 0 Å². The van der Waals surface area contributed by atoms with Gasteiger partial charge in [-0.25, -0.2) is 0 Å². The summed E-state index contributed by atoms with van der Waals surface area (Å²) in [7, 11) is 0. The summed E-state index contributed by atoms with van der Waals surface area (Å²) in [4.78, 5) is 0. The molecule has 0 aliphatic carbocycles. The normalized spacial score (nSPS) is 18.7. The molecule has 21 heavy (non-hydrogen) atoms. The number of aliphatic hydroxyl groups is 1. The van der Waals surface area contributed by atoms with Crippen LogP contribution >= 0.6 is 0 Å². The number of rotatable bonds is 3. The lowest BCUT2D eigenvalue weighted by Crippen LogP contribution is -2.45. The average Bonchev–Trinajstić information content (AvgIpc) is 2.94. The van der Waals surface area contributed by atoms with E-state index in [-0.39, 0.29) is 6.04 Å². The highest BCUT2D eigenvalue weighted by molar-refractivity contribution is 6.03. The van der Waals surface area contributed by atoms with Gasteiger partial charge in [0.2, 0.25) is 0 Å². The summed E-state index contributed by atoms with van der Waals surface area (Å²) in [5, 5.41) is 17.2. The van der Waals surface area contributed by atoms with E-state index >= 15 is 0 Å². The number of hydrogen-bond acceptors (Lipinski definition) is 3. The summed E-state index contributed by atoms with van der Waals surface area (Å²) in [6.07, 6.45) is 0.738. The van der Waals surface area contributed by atoms with Gasteiger partial charge in [0.25, 0.3) is 0 Å². The van der Waals surface area contributed by atoms with Crippen molar-refractivity contribution in [2.45, 2.75) is 31.9 Å². The highest BCUT2D eigenvalue weighted by Crippen LogP contribution is 2.32. The van der Waals surface area contributed by atoms with E-state index in [2.05, 4.69) is 12.1 Å². The topological polar surface area (TPSA) is 35.8 Å². The molecule has 1 aliphatic rings. The molecule has 1 unspecified atom stereocenters. The van der Waals surface area contributed by atoms with Crippen LogP contribution in [0.3, 0.4) is 0 Å². The van der Waals surface area contributed by atoms with Crippen molar-refractivity contribution in [1.82, 2.24) is 0 Å². The average molecular weight is 280 g/mol. The van der Waals surface area contributed by atoms with Crippen LogP contribution in [0.1, 0.15) is 25.8 Å². The lowest BCUT2D eigenvalue weighted by atomic mass is 9.92. The van der Waals surface area contributed by atoms with Crippen LogP contribution in [-0.4, -0.2) is 22.5 Å². The summed E-state index contributed by atoms with van der Waals surface area (Å²) >= 11 is 0. The highest BCUT2D eigenvalue weighted by atomic mass is 16.3. The van der Waals surface area contributed by atoms with Crippen molar-refractivity contribution in [3.8, 4) is 0 Å². The van der Waals surface area contributed by atoms with Gasteiger partial charge in [-0.2, -0.15) is 5.10 Å². The van der Waals surface area contributed by atoms with Gasteiger partial charge in [-0.3, -0.25) is 5.01 Å². The third-order valence-electron chi connectivity index (χ3n) is 3.85. The van der Waals surface area contributed by atoms with E-state index in [0.717, 1.165) is 23.4 Å². The molecule has 0 amide bonds. The van der Waals surface area contributed by atoms with E-state index < -0.39 is 5.60 Å². The van der Waals surface area contributed by atoms with E-state index in [0.29, 0.717) is 0 Å². The highest BCUT2D eigenvalue weighted by Gasteiger charge is 2.38. The van der Waals surface area contributed by atoms with E-state index in [9.17, 15) is 5.11 Å². The molecule has 0 saturated carbocycles. The molecular formula is C18H20N2O. The standard InChI is InChI=1S/C18H20N2O/c1-18(2,21)17-13-16(14-9-5-3-6-10-14)19-20(17)15-11-7-4-8-12-15/h3-12,17,21H,13H2,1-2H3. The number of benzene rings is 2. The molecule has 0 saturated heterocycles. The van der Waals surface area contributed by atoms with Gasteiger partial charge in [-0.1, -0.05) is 48.5 Å². The summed E-state index contributed by atoms with van der Waals surface area (Å²) in [5.41, 5.74) is 2.32. The Morgan fingerprint density at radius 2 is 1.57 bits per heavy atom. The number of para-hydroxylation sites is 1. The van der Waals surface area contributed by atoms with Crippen molar-refractivity contribution < 1.29 is 5.11 Å². The van der Waals surface area contributed by atoms with Gasteiger partial charge in [0.05, 0.1) is 23.0 Å². The fourth-order valence-electron chi connectivity index (χ4n) is 2.68. The molecule has 3 nitrogen and oxygen atoms in total. The van der Waals surface area contributed by atoms with Crippen LogP contribution in [0.4, 0.5) is 5.69 Å². The Morgan fingerprint density at radius 1 is 1.00 bits per heavy atom. The van der Waals surface area contributed by atoms with E-state index in [4.69, 9.17) is 5.10 Å². The van der Waals surface area contributed by atoms with Crippen molar-refractivity contribution in [2.75, 3.05) is 5.01 Å². The van der Waals surface area contributed by atoms with Crippen molar-refractivity contribution in [2.24, 2.45) is 5.10 Å². The number of anilines is 1. The van der Waals surface area contributed by atoms with Gasteiger partial charge in [-0.15, -0.1) is 0 Å². The maximum Gasteiger partial charge on any atom is 0.0863 e. The van der Waals surface area contributed by atoms with Gasteiger partial charge in [-0.05, 0) is 31.5 Å². The van der Waals surface area contributed by atoms with Crippen LogP contribution in [-0.2, 0) is 0 Å². The third kappa shape index (κ3) is 2.83. The molecule has 0 fully saturated rings. The Kier molecular flexibility index (Phi) is 3.52. The molecule has 0 bridgehead atoms. The van der Waals surface area contributed by atoms with Crippen LogP contribution in [0.5, 0.6) is 0 Å². The molecule has 0 radical (unpaired) electrons. The maximum absolute atomic E-state index is 10.5. The number of hydrazone groups is 1. The minimum Gasteiger partial charge on any atom is -0.388 e. The third-order valence-corrected chi connectivity index (χ3v) is 3.85. The first kappa shape index (κ1) is 13.8. The smallest absolute Gasteiger partial charge is 0.0863 e. The summed E-state index contributed by atoms with van der Waals surface area (Å²) in [6, 6.07) is 20.1. The Labute approximate surface area is 125 Å². The molecule has 1 heterocycles. The first-order valence-electron chi connectivity index (χ1n) is 7.25. The Bertz CT molecular complexity index is 629. The Balaban J connectivity index is 1.99. The zero-order valence-corrected chi connectivity index (χ0v) is 12.4. The monoisotopic (exact) mass is 280 g/mol. The molecular weight excluding hydrogens is 260 g/mol. The van der Waals surface area contributed by atoms with E-state index in [1.54, 1.807) is 0 Å². The van der Waals surface area contributed by atoms with Crippen LogP contribution in [0, 0.1) is 0 Å². The van der Waals surface area contributed by atoms with Crippen molar-refractivity contribution in [3.05, 3.63) is 66.2 Å². The zero-order chi connectivity index (χ0) is 14.9. The fourth-order valence-corrected chi connectivity index (χ4v) is 2.68. The molecule has 0 spiro atoms. The minimum absolute atomic E-state index is 0.0601. The zero-order valence-electron chi connectivity index (χ0n) is 12.4. The second-order valence-corrected chi connectivity index (χ2v) is 5.97. The van der Waals surface area contributed by atoms with Crippen molar-refractivity contribution >= 4 is 11.4 Å². The lowest BCUT2D eigenvalue weighted by molar-refractivity contribution is 0.0539. The number of nitrogens with zero attached hydrogens (tertiary/aromatic N) is 2. The van der Waals surface area contributed by atoms with Gasteiger partial charge in [0.1, 0.15) is 0 Å². The maximum atomic E-state index is 10.5. The molecule has 3 heteroatoms. The largest absolute Gasteiger partial charge is 0.388 e. The van der Waals surface area contributed by atoms with Crippen molar-refractivity contribution in [3.63, 3.8) is 0 Å². The fraction of sp³-hybridized carbons (Fsp3) is 0.278. The van der Waals surface area contributed by atoms with Gasteiger partial charge in [0.15, 0.2) is 0 Å². The Hall–Kier alpha value is -2.13. The SMILES string of the molecule is CC(C)(O)C1CC(c2ccccc2)=NN1c1ccccc1. The van der Waals surface area contributed by atoms with E-state index in [1.165, 1.54) is 0 Å². The molecule has 1 aliphatic heterocycles. The van der Waals surface area contributed by atoms with Gasteiger partial charge < -0.3 is 5.11 Å². The molecule has 0 aromatic heterocycles. The second kappa shape index (κ2) is 5.34. The first-order chi connectivity index (χ1) is 10.1. The molecule has 1 N–H and O–H groups in total. The summed E-state index contributed by atoms with van der Waals surface area (Å²) < 4.78 is 0. The quantitative estimate of drug-likeness (QED) is 0.935. The summed E-state index contributed by atoms with van der Waals surface area (Å²) in [5.74, 6) is 0. The minimum atomic E-state index is -0.824. The van der Waals surface area contributed by atoms with Crippen LogP contribution in [0.2, 0.25) is 0 Å². The Morgan fingerprint density at radius 3 is 2.14 bits per heavy atom. The molecule has 2 aromatic rings. The van der Waals surface area contributed by atoms with Crippen LogP contribution in [0.15, 0.2) is 65.8 Å².